The zero-order chi connectivity index (χ0) is 17.2. The van der Waals surface area contributed by atoms with Crippen LogP contribution in [-0.4, -0.2) is 43.0 Å². The third-order valence-electron chi connectivity index (χ3n) is 5.64. The number of urea groups is 1. The molecule has 3 rings (SSSR count). The molecule has 0 radical (unpaired) electrons. The van der Waals surface area contributed by atoms with E-state index in [9.17, 15) is 9.90 Å². The Bertz CT molecular complexity index is 561. The van der Waals surface area contributed by atoms with Crippen LogP contribution in [-0.2, 0) is 4.74 Å². The van der Waals surface area contributed by atoms with Gasteiger partial charge in [0.05, 0.1) is 6.10 Å². The standard InChI is InChI=1S/C19H28N2O3/c1-19(2)16(15-9-11-24-17(15)19)21-18(23)20-12-14(8-10-22)13-6-4-3-5-7-13/h3-7,14-17,22H,8-12H2,1-2H3,(H2,20,21,23). The second kappa shape index (κ2) is 7.11. The van der Waals surface area contributed by atoms with Crippen LogP contribution >= 0.6 is 0 Å². The summed E-state index contributed by atoms with van der Waals surface area (Å²) in [5.41, 5.74) is 1.13. The highest BCUT2D eigenvalue weighted by molar-refractivity contribution is 5.74. The monoisotopic (exact) mass is 332 g/mol. The van der Waals surface area contributed by atoms with Crippen molar-refractivity contribution in [3.63, 3.8) is 0 Å². The number of aliphatic hydroxyl groups is 1. The summed E-state index contributed by atoms with van der Waals surface area (Å²) < 4.78 is 5.77. The molecule has 5 heteroatoms. The topological polar surface area (TPSA) is 70.6 Å². The highest BCUT2D eigenvalue weighted by Gasteiger charge is 2.59. The molecule has 3 N–H and O–H groups in total. The van der Waals surface area contributed by atoms with Crippen LogP contribution in [0.2, 0.25) is 0 Å². The molecule has 1 aliphatic carbocycles. The van der Waals surface area contributed by atoms with E-state index in [0.717, 1.165) is 18.6 Å². The molecule has 1 aromatic rings. The number of ether oxygens (including phenoxy) is 1. The fraction of sp³-hybridized carbons (Fsp3) is 0.632. The molecule has 1 heterocycles. The van der Waals surface area contributed by atoms with Crippen LogP contribution in [0, 0.1) is 11.3 Å². The van der Waals surface area contributed by atoms with Crippen molar-refractivity contribution >= 4 is 6.03 Å². The van der Waals surface area contributed by atoms with Gasteiger partial charge in [0.25, 0.3) is 0 Å². The molecular weight excluding hydrogens is 304 g/mol. The van der Waals surface area contributed by atoms with E-state index >= 15 is 0 Å². The molecule has 1 aromatic carbocycles. The van der Waals surface area contributed by atoms with Crippen molar-refractivity contribution < 1.29 is 14.6 Å². The molecule has 4 atom stereocenters. The fourth-order valence-corrected chi connectivity index (χ4v) is 4.29. The highest BCUT2D eigenvalue weighted by atomic mass is 16.5. The first-order chi connectivity index (χ1) is 11.5. The minimum atomic E-state index is -0.128. The zero-order valence-corrected chi connectivity index (χ0v) is 14.5. The van der Waals surface area contributed by atoms with E-state index < -0.39 is 0 Å². The maximum absolute atomic E-state index is 12.3. The van der Waals surface area contributed by atoms with E-state index in [1.54, 1.807) is 0 Å². The van der Waals surface area contributed by atoms with Crippen LogP contribution in [0.4, 0.5) is 4.79 Å². The number of fused-ring (bicyclic) bond motifs is 1. The Hall–Kier alpha value is -1.59. The van der Waals surface area contributed by atoms with Gasteiger partial charge in [-0.15, -0.1) is 0 Å². The molecule has 0 bridgehead atoms. The molecule has 5 nitrogen and oxygen atoms in total. The maximum Gasteiger partial charge on any atom is 0.315 e. The molecule has 132 valence electrons. The number of aliphatic hydroxyl groups excluding tert-OH is 1. The quantitative estimate of drug-likeness (QED) is 0.748. The summed E-state index contributed by atoms with van der Waals surface area (Å²) in [6.45, 7) is 5.74. The summed E-state index contributed by atoms with van der Waals surface area (Å²) >= 11 is 0. The van der Waals surface area contributed by atoms with Crippen LogP contribution in [0.15, 0.2) is 30.3 Å². The Balaban J connectivity index is 1.53. The van der Waals surface area contributed by atoms with Crippen LogP contribution in [0.1, 0.15) is 38.2 Å². The van der Waals surface area contributed by atoms with E-state index in [0.29, 0.717) is 18.9 Å². The highest BCUT2D eigenvalue weighted by Crippen LogP contribution is 2.52. The van der Waals surface area contributed by atoms with Gasteiger partial charge in [0.15, 0.2) is 0 Å². The minimum Gasteiger partial charge on any atom is -0.396 e. The summed E-state index contributed by atoms with van der Waals surface area (Å²) in [5.74, 6) is 0.562. The summed E-state index contributed by atoms with van der Waals surface area (Å²) in [6, 6.07) is 10.0. The first-order valence-electron chi connectivity index (χ1n) is 8.86. The lowest BCUT2D eigenvalue weighted by Crippen LogP contribution is -2.67. The molecular formula is C19H28N2O3. The molecule has 2 amide bonds. The smallest absolute Gasteiger partial charge is 0.315 e. The van der Waals surface area contributed by atoms with Gasteiger partial charge in [-0.1, -0.05) is 44.2 Å². The van der Waals surface area contributed by atoms with Crippen molar-refractivity contribution in [1.82, 2.24) is 10.6 Å². The Kier molecular flexibility index (Phi) is 5.11. The van der Waals surface area contributed by atoms with Gasteiger partial charge in [-0.25, -0.2) is 4.79 Å². The van der Waals surface area contributed by atoms with Crippen molar-refractivity contribution in [2.45, 2.75) is 44.8 Å². The van der Waals surface area contributed by atoms with Gasteiger partial charge in [-0.2, -0.15) is 0 Å². The van der Waals surface area contributed by atoms with Gasteiger partial charge < -0.3 is 20.5 Å². The predicted molar refractivity (Wildman–Crippen MR) is 92.8 cm³/mol. The van der Waals surface area contributed by atoms with E-state index in [1.165, 1.54) is 0 Å². The van der Waals surface area contributed by atoms with E-state index in [4.69, 9.17) is 4.74 Å². The van der Waals surface area contributed by atoms with E-state index in [1.807, 2.05) is 30.3 Å². The molecule has 1 saturated heterocycles. The molecule has 2 fully saturated rings. The van der Waals surface area contributed by atoms with E-state index in [-0.39, 0.29) is 36.1 Å². The number of nitrogens with one attached hydrogen (secondary N) is 2. The summed E-state index contributed by atoms with van der Waals surface area (Å²) in [4.78, 5) is 12.3. The van der Waals surface area contributed by atoms with Crippen molar-refractivity contribution in [2.75, 3.05) is 19.8 Å². The summed E-state index contributed by atoms with van der Waals surface area (Å²) in [5, 5.41) is 15.4. The molecule has 1 saturated carbocycles. The lowest BCUT2D eigenvalue weighted by Gasteiger charge is -2.54. The maximum atomic E-state index is 12.3. The lowest BCUT2D eigenvalue weighted by atomic mass is 9.57. The molecule has 0 spiro atoms. The number of benzene rings is 1. The third-order valence-corrected chi connectivity index (χ3v) is 5.64. The average Bonchev–Trinajstić information content (AvgIpc) is 3.04. The van der Waals surface area contributed by atoms with Gasteiger partial charge in [0.2, 0.25) is 0 Å². The molecule has 24 heavy (non-hydrogen) atoms. The minimum absolute atomic E-state index is 0.0115. The molecule has 0 aromatic heterocycles. The number of hydrogen-bond acceptors (Lipinski definition) is 3. The fourth-order valence-electron chi connectivity index (χ4n) is 4.29. The zero-order valence-electron chi connectivity index (χ0n) is 14.5. The number of hydrogen-bond donors (Lipinski definition) is 3. The third kappa shape index (κ3) is 3.28. The van der Waals surface area contributed by atoms with Gasteiger partial charge >= 0.3 is 6.03 Å². The van der Waals surface area contributed by atoms with Crippen molar-refractivity contribution in [3.05, 3.63) is 35.9 Å². The Morgan fingerprint density at radius 2 is 2.12 bits per heavy atom. The summed E-state index contributed by atoms with van der Waals surface area (Å²) in [7, 11) is 0. The number of carbonyl (C=O) groups is 1. The molecule has 1 aliphatic heterocycles. The first kappa shape index (κ1) is 17.2. The molecule has 2 aliphatic rings. The van der Waals surface area contributed by atoms with Gasteiger partial charge in [0.1, 0.15) is 0 Å². The lowest BCUT2D eigenvalue weighted by molar-refractivity contribution is -0.108. The van der Waals surface area contributed by atoms with Crippen LogP contribution in [0.3, 0.4) is 0 Å². The van der Waals surface area contributed by atoms with Gasteiger partial charge in [0, 0.05) is 43.1 Å². The number of carbonyl (C=O) groups excluding carboxylic acids is 1. The predicted octanol–water partition coefficient (Wildman–Crippen LogP) is 2.27. The van der Waals surface area contributed by atoms with Crippen LogP contribution in [0.5, 0.6) is 0 Å². The molecule has 4 unspecified atom stereocenters. The number of rotatable bonds is 6. The second-order valence-electron chi connectivity index (χ2n) is 7.52. The Morgan fingerprint density at radius 1 is 1.38 bits per heavy atom. The van der Waals surface area contributed by atoms with Crippen molar-refractivity contribution in [3.8, 4) is 0 Å². The normalized spacial score (nSPS) is 28.5. The first-order valence-corrected chi connectivity index (χ1v) is 8.86. The van der Waals surface area contributed by atoms with Crippen molar-refractivity contribution in [1.29, 1.82) is 0 Å². The SMILES string of the molecule is CC1(C)C(NC(=O)NCC(CCO)c2ccccc2)C2CCOC21. The van der Waals surface area contributed by atoms with Crippen LogP contribution < -0.4 is 10.6 Å². The average molecular weight is 332 g/mol. The summed E-state index contributed by atoms with van der Waals surface area (Å²) in [6.07, 6.45) is 1.93. The Labute approximate surface area is 143 Å². The second-order valence-corrected chi connectivity index (χ2v) is 7.52. The van der Waals surface area contributed by atoms with Gasteiger partial charge in [-0.3, -0.25) is 0 Å². The van der Waals surface area contributed by atoms with Crippen LogP contribution in [0.25, 0.3) is 0 Å². The van der Waals surface area contributed by atoms with Gasteiger partial charge in [-0.05, 0) is 18.4 Å². The Morgan fingerprint density at radius 3 is 2.83 bits per heavy atom. The largest absolute Gasteiger partial charge is 0.396 e. The number of amides is 2. The van der Waals surface area contributed by atoms with E-state index in [2.05, 4.69) is 24.5 Å². The van der Waals surface area contributed by atoms with Crippen molar-refractivity contribution in [2.24, 2.45) is 11.3 Å².